The van der Waals surface area contributed by atoms with E-state index in [1.807, 2.05) is 6.08 Å². The van der Waals surface area contributed by atoms with Crippen LogP contribution in [0.5, 0.6) is 0 Å². The topological polar surface area (TPSA) is 18.5 Å². The molecular weight excluding hydrogens is 152 g/mol. The number of rotatable bonds is 1. The third-order valence-electron chi connectivity index (χ3n) is 2.32. The van der Waals surface area contributed by atoms with Crippen LogP contribution < -0.4 is 0 Å². The molecule has 0 bridgehead atoms. The summed E-state index contributed by atoms with van der Waals surface area (Å²) in [7, 11) is 0. The third-order valence-corrected chi connectivity index (χ3v) is 2.32. The van der Waals surface area contributed by atoms with E-state index in [9.17, 15) is 0 Å². The number of ether oxygens (including phenoxy) is 2. The van der Waals surface area contributed by atoms with E-state index in [2.05, 4.69) is 6.08 Å². The minimum atomic E-state index is 0.190. The molecule has 2 heteroatoms. The zero-order chi connectivity index (χ0) is 8.23. The van der Waals surface area contributed by atoms with Gasteiger partial charge >= 0.3 is 0 Å². The molecule has 0 saturated carbocycles. The second-order valence-corrected chi connectivity index (χ2v) is 3.21. The van der Waals surface area contributed by atoms with Crippen molar-refractivity contribution in [3.8, 4) is 0 Å². The van der Waals surface area contributed by atoms with Crippen molar-refractivity contribution in [3.63, 3.8) is 0 Å². The van der Waals surface area contributed by atoms with E-state index in [1.54, 1.807) is 12.3 Å². The lowest BCUT2D eigenvalue weighted by molar-refractivity contribution is 0.00150. The quantitative estimate of drug-likeness (QED) is 0.588. The van der Waals surface area contributed by atoms with Crippen molar-refractivity contribution in [2.75, 3.05) is 13.2 Å². The summed E-state index contributed by atoms with van der Waals surface area (Å²) in [4.78, 5) is 0. The van der Waals surface area contributed by atoms with Gasteiger partial charge in [-0.25, -0.2) is 0 Å². The highest BCUT2D eigenvalue weighted by Crippen LogP contribution is 2.22. The summed E-state index contributed by atoms with van der Waals surface area (Å²) >= 11 is 0. The SMILES string of the molecule is [C]1=CC(C2CCCOC2)OC=C1. The molecule has 2 atom stereocenters. The Balaban J connectivity index is 1.90. The summed E-state index contributed by atoms with van der Waals surface area (Å²) in [5.74, 6) is 0.524. The van der Waals surface area contributed by atoms with E-state index in [0.29, 0.717) is 5.92 Å². The highest BCUT2D eigenvalue weighted by atomic mass is 16.5. The van der Waals surface area contributed by atoms with Gasteiger partial charge in [-0.1, -0.05) is 0 Å². The molecule has 2 rings (SSSR count). The summed E-state index contributed by atoms with van der Waals surface area (Å²) in [6.07, 6.45) is 11.1. The van der Waals surface area contributed by atoms with Crippen LogP contribution in [0.2, 0.25) is 0 Å². The van der Waals surface area contributed by atoms with Crippen LogP contribution in [-0.4, -0.2) is 19.3 Å². The molecule has 1 fully saturated rings. The highest BCUT2D eigenvalue weighted by molar-refractivity contribution is 5.03. The van der Waals surface area contributed by atoms with E-state index in [0.717, 1.165) is 19.6 Å². The van der Waals surface area contributed by atoms with Crippen molar-refractivity contribution in [2.24, 2.45) is 5.92 Å². The van der Waals surface area contributed by atoms with Gasteiger partial charge in [0, 0.05) is 12.5 Å². The number of hydrogen-bond donors (Lipinski definition) is 0. The van der Waals surface area contributed by atoms with E-state index in [1.165, 1.54) is 6.42 Å². The van der Waals surface area contributed by atoms with Crippen molar-refractivity contribution >= 4 is 0 Å². The molecule has 0 aromatic heterocycles. The standard InChI is InChI=1S/C10H13O2/c1-2-7-12-10(5-1)9-4-3-6-11-8-9/h2,5,7,9-10H,3-4,6,8H2. The molecule has 0 aromatic carbocycles. The molecule has 1 radical (unpaired) electrons. The Bertz CT molecular complexity index is 190. The second-order valence-electron chi connectivity index (χ2n) is 3.21. The lowest BCUT2D eigenvalue weighted by atomic mass is 9.95. The van der Waals surface area contributed by atoms with Gasteiger partial charge < -0.3 is 9.47 Å². The van der Waals surface area contributed by atoms with Gasteiger partial charge in [0.15, 0.2) is 0 Å². The molecule has 0 N–H and O–H groups in total. The molecule has 12 heavy (non-hydrogen) atoms. The van der Waals surface area contributed by atoms with E-state index in [4.69, 9.17) is 9.47 Å². The zero-order valence-electron chi connectivity index (χ0n) is 7.03. The fourth-order valence-electron chi connectivity index (χ4n) is 1.63. The van der Waals surface area contributed by atoms with E-state index >= 15 is 0 Å². The first-order chi connectivity index (χ1) is 5.97. The molecule has 1 saturated heterocycles. The molecule has 2 heterocycles. The van der Waals surface area contributed by atoms with Crippen molar-refractivity contribution in [3.05, 3.63) is 24.5 Å². The van der Waals surface area contributed by atoms with Gasteiger partial charge in [-0.3, -0.25) is 0 Å². The van der Waals surface area contributed by atoms with Crippen LogP contribution in [0.4, 0.5) is 0 Å². The average molecular weight is 165 g/mol. The summed E-state index contributed by atoms with van der Waals surface area (Å²) in [6, 6.07) is 0. The Kier molecular flexibility index (Phi) is 2.47. The van der Waals surface area contributed by atoms with Gasteiger partial charge in [0.25, 0.3) is 0 Å². The van der Waals surface area contributed by atoms with Gasteiger partial charge in [-0.2, -0.15) is 0 Å². The monoisotopic (exact) mass is 165 g/mol. The molecule has 2 aliphatic heterocycles. The van der Waals surface area contributed by atoms with Crippen LogP contribution in [0, 0.1) is 12.0 Å². The maximum atomic E-state index is 5.44. The minimum Gasteiger partial charge on any atom is -0.494 e. The first-order valence-electron chi connectivity index (χ1n) is 4.44. The summed E-state index contributed by atoms with van der Waals surface area (Å²) in [6.45, 7) is 1.74. The van der Waals surface area contributed by atoms with Gasteiger partial charge in [-0.05, 0) is 31.1 Å². The van der Waals surface area contributed by atoms with Crippen molar-refractivity contribution in [1.29, 1.82) is 0 Å². The van der Waals surface area contributed by atoms with Crippen LogP contribution in [-0.2, 0) is 9.47 Å². The van der Waals surface area contributed by atoms with Crippen molar-refractivity contribution in [2.45, 2.75) is 18.9 Å². The number of hydrogen-bond acceptors (Lipinski definition) is 2. The van der Waals surface area contributed by atoms with E-state index in [-0.39, 0.29) is 6.10 Å². The highest BCUT2D eigenvalue weighted by Gasteiger charge is 2.23. The number of allylic oxidation sites excluding steroid dienone is 2. The molecule has 0 aliphatic carbocycles. The maximum Gasteiger partial charge on any atom is 0.122 e. The molecule has 2 nitrogen and oxygen atoms in total. The fraction of sp³-hybridized carbons (Fsp3) is 0.600. The average Bonchev–Trinajstić information content (AvgIpc) is 2.21. The largest absolute Gasteiger partial charge is 0.494 e. The van der Waals surface area contributed by atoms with Crippen LogP contribution in [0.1, 0.15) is 12.8 Å². The first-order valence-corrected chi connectivity index (χ1v) is 4.44. The Morgan fingerprint density at radius 2 is 2.42 bits per heavy atom. The third kappa shape index (κ3) is 1.69. The van der Waals surface area contributed by atoms with Gasteiger partial charge in [0.2, 0.25) is 0 Å². The molecule has 0 aromatic rings. The molecule has 0 amide bonds. The van der Waals surface area contributed by atoms with Crippen LogP contribution in [0.25, 0.3) is 0 Å². The summed E-state index contributed by atoms with van der Waals surface area (Å²) in [5.41, 5.74) is 0. The normalized spacial score (nSPS) is 34.7. The summed E-state index contributed by atoms with van der Waals surface area (Å²) in [5, 5.41) is 0. The first kappa shape index (κ1) is 7.87. The zero-order valence-corrected chi connectivity index (χ0v) is 7.03. The van der Waals surface area contributed by atoms with Gasteiger partial charge in [0.1, 0.15) is 6.10 Å². The Labute approximate surface area is 72.9 Å². The van der Waals surface area contributed by atoms with Crippen molar-refractivity contribution < 1.29 is 9.47 Å². The minimum absolute atomic E-state index is 0.190. The Morgan fingerprint density at radius 1 is 1.42 bits per heavy atom. The maximum absolute atomic E-state index is 5.44. The van der Waals surface area contributed by atoms with Gasteiger partial charge in [-0.15, -0.1) is 0 Å². The van der Waals surface area contributed by atoms with Crippen molar-refractivity contribution in [1.82, 2.24) is 0 Å². The second kappa shape index (κ2) is 3.76. The Morgan fingerprint density at radius 3 is 3.08 bits per heavy atom. The molecule has 0 spiro atoms. The van der Waals surface area contributed by atoms with Crippen LogP contribution in [0.3, 0.4) is 0 Å². The smallest absolute Gasteiger partial charge is 0.122 e. The van der Waals surface area contributed by atoms with Crippen LogP contribution in [0.15, 0.2) is 18.4 Å². The lowest BCUT2D eigenvalue weighted by Crippen LogP contribution is -2.29. The predicted octanol–water partition coefficient (Wildman–Crippen LogP) is 1.68. The predicted molar refractivity (Wildman–Crippen MR) is 45.4 cm³/mol. The molecule has 2 unspecified atom stereocenters. The molecule has 65 valence electrons. The lowest BCUT2D eigenvalue weighted by Gasteiger charge is -2.28. The molecular formula is C10H13O2. The summed E-state index contributed by atoms with van der Waals surface area (Å²) < 4.78 is 10.8. The van der Waals surface area contributed by atoms with Gasteiger partial charge in [0.05, 0.1) is 12.9 Å². The van der Waals surface area contributed by atoms with Crippen LogP contribution >= 0.6 is 0 Å². The van der Waals surface area contributed by atoms with E-state index < -0.39 is 0 Å². The Hall–Kier alpha value is -0.760. The molecule has 2 aliphatic rings. The fourth-order valence-corrected chi connectivity index (χ4v) is 1.63.